The minimum atomic E-state index is -0.0702. The maximum atomic E-state index is 13.1. The average Bonchev–Trinajstić information content (AvgIpc) is 3.31. The molecule has 4 aromatic rings. The molecule has 6 heteroatoms. The van der Waals surface area contributed by atoms with E-state index in [1.807, 2.05) is 71.8 Å². The predicted molar refractivity (Wildman–Crippen MR) is 121 cm³/mol. The van der Waals surface area contributed by atoms with Crippen LogP contribution < -0.4 is 5.56 Å². The molecule has 156 valence electrons. The van der Waals surface area contributed by atoms with E-state index in [0.717, 1.165) is 30.3 Å². The van der Waals surface area contributed by atoms with Gasteiger partial charge in [0.1, 0.15) is 5.82 Å². The van der Waals surface area contributed by atoms with Gasteiger partial charge in [-0.2, -0.15) is 0 Å². The molecule has 5 rings (SSSR count). The molecule has 1 amide bonds. The van der Waals surface area contributed by atoms with Gasteiger partial charge in [-0.15, -0.1) is 0 Å². The van der Waals surface area contributed by atoms with Crippen LogP contribution in [0.4, 0.5) is 0 Å². The quantitative estimate of drug-likeness (QED) is 0.513. The number of benzene rings is 2. The molecular formula is C25H24N4O2. The fraction of sp³-hybridized carbons (Fsp3) is 0.240. The van der Waals surface area contributed by atoms with Gasteiger partial charge >= 0.3 is 0 Å². The Labute approximate surface area is 180 Å². The van der Waals surface area contributed by atoms with Crippen LogP contribution in [0, 0.1) is 0 Å². The maximum Gasteiger partial charge on any atom is 0.261 e. The van der Waals surface area contributed by atoms with Gasteiger partial charge in [-0.25, -0.2) is 4.98 Å². The van der Waals surface area contributed by atoms with Crippen molar-refractivity contribution in [2.45, 2.75) is 18.9 Å². The van der Waals surface area contributed by atoms with Crippen LogP contribution in [-0.2, 0) is 7.05 Å². The SMILES string of the molecule is Cn1c(=O)c(-c2nccn2C2CCCN(C(=O)c3ccccc3)C2)cc2ccccc21. The van der Waals surface area contributed by atoms with Crippen LogP contribution in [0.3, 0.4) is 0 Å². The first-order valence-electron chi connectivity index (χ1n) is 10.6. The molecule has 1 fully saturated rings. The van der Waals surface area contributed by atoms with E-state index in [1.54, 1.807) is 17.8 Å². The molecule has 0 bridgehead atoms. The number of aryl methyl sites for hydroxylation is 1. The van der Waals surface area contributed by atoms with Crippen molar-refractivity contribution in [3.63, 3.8) is 0 Å². The van der Waals surface area contributed by atoms with Crippen molar-refractivity contribution >= 4 is 16.8 Å². The lowest BCUT2D eigenvalue weighted by molar-refractivity contribution is 0.0680. The standard InChI is InChI=1S/C25H24N4O2/c1-27-22-12-6-5-10-19(22)16-21(25(27)31)23-26-13-15-29(23)20-11-7-14-28(17-20)24(30)18-8-3-2-4-9-18/h2-6,8-10,12-13,15-16,20H,7,11,14,17H2,1H3. The molecule has 2 aromatic heterocycles. The lowest BCUT2D eigenvalue weighted by atomic mass is 10.0. The van der Waals surface area contributed by atoms with Crippen LogP contribution in [0.25, 0.3) is 22.3 Å². The van der Waals surface area contributed by atoms with Gasteiger partial charge < -0.3 is 14.0 Å². The smallest absolute Gasteiger partial charge is 0.261 e. The Balaban J connectivity index is 1.50. The van der Waals surface area contributed by atoms with E-state index in [-0.39, 0.29) is 17.5 Å². The number of aromatic nitrogens is 3. The van der Waals surface area contributed by atoms with Crippen LogP contribution in [0.15, 0.2) is 77.9 Å². The number of hydrogen-bond donors (Lipinski definition) is 0. The van der Waals surface area contributed by atoms with Gasteiger partial charge in [0.25, 0.3) is 11.5 Å². The van der Waals surface area contributed by atoms with Gasteiger partial charge in [0.05, 0.1) is 17.1 Å². The number of piperidine rings is 1. The van der Waals surface area contributed by atoms with E-state index in [0.29, 0.717) is 23.5 Å². The average molecular weight is 412 g/mol. The maximum absolute atomic E-state index is 13.1. The van der Waals surface area contributed by atoms with E-state index >= 15 is 0 Å². The second kappa shape index (κ2) is 7.87. The molecule has 1 aliphatic rings. The van der Waals surface area contributed by atoms with Crippen molar-refractivity contribution in [3.05, 3.63) is 89.0 Å². The number of fused-ring (bicyclic) bond motifs is 1. The van der Waals surface area contributed by atoms with Gasteiger partial charge in [-0.1, -0.05) is 36.4 Å². The lowest BCUT2D eigenvalue weighted by Crippen LogP contribution is -2.40. The van der Waals surface area contributed by atoms with E-state index in [4.69, 9.17) is 0 Å². The molecule has 1 aliphatic heterocycles. The summed E-state index contributed by atoms with van der Waals surface area (Å²) in [4.78, 5) is 32.5. The number of carbonyl (C=O) groups is 1. The van der Waals surface area contributed by atoms with Crippen molar-refractivity contribution in [3.8, 4) is 11.4 Å². The lowest BCUT2D eigenvalue weighted by Gasteiger charge is -2.34. The van der Waals surface area contributed by atoms with E-state index in [1.165, 1.54) is 0 Å². The van der Waals surface area contributed by atoms with Crippen LogP contribution in [0.5, 0.6) is 0 Å². The van der Waals surface area contributed by atoms with Crippen LogP contribution >= 0.6 is 0 Å². The number of carbonyl (C=O) groups excluding carboxylic acids is 1. The molecule has 2 aromatic carbocycles. The number of para-hydroxylation sites is 1. The predicted octanol–water partition coefficient (Wildman–Crippen LogP) is 3.88. The Morgan fingerprint density at radius 1 is 1.06 bits per heavy atom. The normalized spacial score (nSPS) is 16.5. The molecule has 0 spiro atoms. The van der Waals surface area contributed by atoms with Crippen LogP contribution in [0.1, 0.15) is 29.2 Å². The highest BCUT2D eigenvalue weighted by atomic mass is 16.2. The Hall–Kier alpha value is -3.67. The molecule has 0 N–H and O–H groups in total. The first kappa shape index (κ1) is 19.3. The molecule has 0 radical (unpaired) electrons. The van der Waals surface area contributed by atoms with Crippen LogP contribution in [0.2, 0.25) is 0 Å². The summed E-state index contributed by atoms with van der Waals surface area (Å²) in [5, 5.41) is 0.999. The fourth-order valence-corrected chi connectivity index (χ4v) is 4.53. The number of hydrogen-bond acceptors (Lipinski definition) is 3. The number of amides is 1. The van der Waals surface area contributed by atoms with Gasteiger partial charge in [0.15, 0.2) is 0 Å². The summed E-state index contributed by atoms with van der Waals surface area (Å²) in [6, 6.07) is 19.3. The molecule has 0 aliphatic carbocycles. The van der Waals surface area contributed by atoms with Crippen molar-refractivity contribution in [2.24, 2.45) is 7.05 Å². The van der Waals surface area contributed by atoms with Crippen molar-refractivity contribution in [1.29, 1.82) is 0 Å². The van der Waals surface area contributed by atoms with Crippen LogP contribution in [-0.4, -0.2) is 38.0 Å². The first-order valence-corrected chi connectivity index (χ1v) is 10.6. The summed E-state index contributed by atoms with van der Waals surface area (Å²) in [7, 11) is 1.79. The fourth-order valence-electron chi connectivity index (χ4n) is 4.53. The summed E-state index contributed by atoms with van der Waals surface area (Å²) in [5.41, 5.74) is 2.11. The second-order valence-electron chi connectivity index (χ2n) is 8.05. The van der Waals surface area contributed by atoms with Crippen molar-refractivity contribution < 1.29 is 4.79 Å². The Bertz CT molecular complexity index is 1310. The molecule has 3 heterocycles. The number of likely N-dealkylation sites (tertiary alicyclic amines) is 1. The van der Waals surface area contributed by atoms with Gasteiger partial charge in [-0.3, -0.25) is 9.59 Å². The molecule has 0 saturated carbocycles. The number of rotatable bonds is 3. The van der Waals surface area contributed by atoms with Crippen molar-refractivity contribution in [2.75, 3.05) is 13.1 Å². The van der Waals surface area contributed by atoms with E-state index in [9.17, 15) is 9.59 Å². The zero-order chi connectivity index (χ0) is 21.4. The van der Waals surface area contributed by atoms with E-state index in [2.05, 4.69) is 9.55 Å². The molecule has 6 nitrogen and oxygen atoms in total. The highest BCUT2D eigenvalue weighted by Gasteiger charge is 2.27. The Morgan fingerprint density at radius 3 is 2.68 bits per heavy atom. The third kappa shape index (κ3) is 3.44. The summed E-state index contributed by atoms with van der Waals surface area (Å²) in [5.74, 6) is 0.707. The Morgan fingerprint density at radius 2 is 1.84 bits per heavy atom. The summed E-state index contributed by atoms with van der Waals surface area (Å²) >= 11 is 0. The van der Waals surface area contributed by atoms with Gasteiger partial charge in [-0.05, 0) is 42.5 Å². The zero-order valence-electron chi connectivity index (χ0n) is 17.4. The zero-order valence-corrected chi connectivity index (χ0v) is 17.4. The largest absolute Gasteiger partial charge is 0.337 e. The van der Waals surface area contributed by atoms with Gasteiger partial charge in [0, 0.05) is 38.1 Å². The third-order valence-electron chi connectivity index (χ3n) is 6.14. The minimum absolute atomic E-state index is 0.0496. The molecule has 31 heavy (non-hydrogen) atoms. The highest BCUT2D eigenvalue weighted by Crippen LogP contribution is 2.28. The van der Waals surface area contributed by atoms with Gasteiger partial charge in [0.2, 0.25) is 0 Å². The first-order chi connectivity index (χ1) is 15.1. The van der Waals surface area contributed by atoms with Crippen molar-refractivity contribution in [1.82, 2.24) is 19.0 Å². The molecule has 1 saturated heterocycles. The second-order valence-corrected chi connectivity index (χ2v) is 8.05. The molecule has 1 unspecified atom stereocenters. The molecular weight excluding hydrogens is 388 g/mol. The summed E-state index contributed by atoms with van der Waals surface area (Å²) in [6.07, 6.45) is 5.51. The number of nitrogens with zero attached hydrogens (tertiary/aromatic N) is 4. The Kier molecular flexibility index (Phi) is 4.90. The minimum Gasteiger partial charge on any atom is -0.337 e. The highest BCUT2D eigenvalue weighted by molar-refractivity contribution is 5.94. The topological polar surface area (TPSA) is 60.1 Å². The third-order valence-corrected chi connectivity index (χ3v) is 6.14. The summed E-state index contributed by atoms with van der Waals surface area (Å²) < 4.78 is 3.74. The number of pyridine rings is 1. The monoisotopic (exact) mass is 412 g/mol. The molecule has 1 atom stereocenters. The number of imidazole rings is 1. The summed E-state index contributed by atoms with van der Waals surface area (Å²) in [6.45, 7) is 1.34. The van der Waals surface area contributed by atoms with E-state index < -0.39 is 0 Å².